The largest absolute Gasteiger partial charge is 0.496 e. The van der Waals surface area contributed by atoms with Crippen LogP contribution in [0.1, 0.15) is 22.3 Å². The average Bonchev–Trinajstić information content (AvgIpc) is 2.47. The molecule has 0 fully saturated rings. The summed E-state index contributed by atoms with van der Waals surface area (Å²) in [5.41, 5.74) is 9.99. The molecule has 0 amide bonds. The molecule has 2 rings (SSSR count). The predicted octanol–water partition coefficient (Wildman–Crippen LogP) is 2.91. The van der Waals surface area contributed by atoms with Gasteiger partial charge in [0.15, 0.2) is 0 Å². The van der Waals surface area contributed by atoms with Crippen molar-refractivity contribution in [3.63, 3.8) is 0 Å². The fourth-order valence-corrected chi connectivity index (χ4v) is 3.51. The normalized spacial score (nSPS) is 12.1. The second kappa shape index (κ2) is 7.38. The summed E-state index contributed by atoms with van der Waals surface area (Å²) in [4.78, 5) is 0. The average molecular weight is 303 g/mol. The molecule has 0 aliphatic rings. The van der Waals surface area contributed by atoms with Crippen LogP contribution in [0.3, 0.4) is 0 Å². The second-order valence-electron chi connectivity index (χ2n) is 5.07. The van der Waals surface area contributed by atoms with Gasteiger partial charge < -0.3 is 10.5 Å². The molecule has 0 spiro atoms. The number of rotatable bonds is 6. The van der Waals surface area contributed by atoms with Gasteiger partial charge in [-0.3, -0.25) is 4.21 Å². The Hall–Kier alpha value is -1.65. The summed E-state index contributed by atoms with van der Waals surface area (Å²) in [6.45, 7) is 2.46. The second-order valence-corrected chi connectivity index (χ2v) is 6.52. The number of hydrogen-bond acceptors (Lipinski definition) is 3. The molecule has 2 aromatic carbocycles. The Kier molecular flexibility index (Phi) is 5.53. The molecule has 0 aliphatic carbocycles. The molecule has 0 aromatic heterocycles. The summed E-state index contributed by atoms with van der Waals surface area (Å²) in [5.74, 6) is 1.89. The number of ether oxygens (including phenoxy) is 1. The number of methoxy groups -OCH3 is 1. The van der Waals surface area contributed by atoms with Gasteiger partial charge in [0.2, 0.25) is 0 Å². The minimum atomic E-state index is -0.931. The van der Waals surface area contributed by atoms with E-state index in [1.165, 1.54) is 5.56 Å². The van der Waals surface area contributed by atoms with Crippen molar-refractivity contribution in [2.24, 2.45) is 5.73 Å². The minimum Gasteiger partial charge on any atom is -0.496 e. The van der Waals surface area contributed by atoms with E-state index in [9.17, 15) is 4.21 Å². The molecule has 1 unspecified atom stereocenters. The van der Waals surface area contributed by atoms with Crippen molar-refractivity contribution in [1.29, 1.82) is 0 Å². The van der Waals surface area contributed by atoms with E-state index in [4.69, 9.17) is 10.5 Å². The topological polar surface area (TPSA) is 52.3 Å². The maximum Gasteiger partial charge on any atom is 0.123 e. The van der Waals surface area contributed by atoms with Gasteiger partial charge in [-0.1, -0.05) is 35.9 Å². The van der Waals surface area contributed by atoms with Crippen LogP contribution in [0, 0.1) is 6.92 Å². The quantitative estimate of drug-likeness (QED) is 0.892. The smallest absolute Gasteiger partial charge is 0.123 e. The fraction of sp³-hybridized carbons (Fsp3) is 0.294. The molecular formula is C17H21NO2S. The number of nitrogens with two attached hydrogens (primary N) is 1. The van der Waals surface area contributed by atoms with Crippen LogP contribution < -0.4 is 10.5 Å². The van der Waals surface area contributed by atoms with Crippen LogP contribution in [0.25, 0.3) is 0 Å². The zero-order valence-electron chi connectivity index (χ0n) is 12.5. The lowest BCUT2D eigenvalue weighted by molar-refractivity contribution is 0.409. The van der Waals surface area contributed by atoms with Gasteiger partial charge in [0.1, 0.15) is 5.75 Å². The first kappa shape index (κ1) is 15.7. The molecule has 0 bridgehead atoms. The molecule has 0 radical (unpaired) electrons. The minimum absolute atomic E-state index is 0.418. The zero-order valence-corrected chi connectivity index (χ0v) is 13.3. The Morgan fingerprint density at radius 1 is 1.10 bits per heavy atom. The molecule has 112 valence electrons. The van der Waals surface area contributed by atoms with Crippen molar-refractivity contribution in [2.75, 3.05) is 7.11 Å². The van der Waals surface area contributed by atoms with Crippen molar-refractivity contribution in [2.45, 2.75) is 25.0 Å². The van der Waals surface area contributed by atoms with E-state index in [1.54, 1.807) is 7.11 Å². The van der Waals surface area contributed by atoms with Crippen LogP contribution in [0.2, 0.25) is 0 Å². The van der Waals surface area contributed by atoms with Crippen molar-refractivity contribution in [1.82, 2.24) is 0 Å². The van der Waals surface area contributed by atoms with E-state index in [1.807, 2.05) is 43.3 Å². The van der Waals surface area contributed by atoms with Crippen LogP contribution in [0.4, 0.5) is 0 Å². The molecule has 3 nitrogen and oxygen atoms in total. The van der Waals surface area contributed by atoms with Crippen LogP contribution >= 0.6 is 0 Å². The summed E-state index contributed by atoms with van der Waals surface area (Å²) in [6.07, 6.45) is 0. The molecule has 0 saturated heterocycles. The van der Waals surface area contributed by atoms with Gasteiger partial charge >= 0.3 is 0 Å². The summed E-state index contributed by atoms with van der Waals surface area (Å²) < 4.78 is 17.5. The molecular weight excluding hydrogens is 282 g/mol. The van der Waals surface area contributed by atoms with Gasteiger partial charge in [-0.05, 0) is 30.2 Å². The summed E-state index contributed by atoms with van der Waals surface area (Å²) >= 11 is 0. The fourth-order valence-electron chi connectivity index (χ4n) is 2.31. The Morgan fingerprint density at radius 3 is 2.43 bits per heavy atom. The monoisotopic (exact) mass is 303 g/mol. The molecule has 2 N–H and O–H groups in total. The number of benzene rings is 2. The summed E-state index contributed by atoms with van der Waals surface area (Å²) in [7, 11) is 0.698. The highest BCUT2D eigenvalue weighted by atomic mass is 32.2. The van der Waals surface area contributed by atoms with Crippen molar-refractivity contribution in [3.8, 4) is 5.75 Å². The van der Waals surface area contributed by atoms with Gasteiger partial charge in [-0.25, -0.2) is 0 Å². The van der Waals surface area contributed by atoms with Crippen LogP contribution in [0.15, 0.2) is 42.5 Å². The number of hydrogen-bond donors (Lipinski definition) is 1. The highest BCUT2D eigenvalue weighted by Crippen LogP contribution is 2.20. The lowest BCUT2D eigenvalue weighted by Gasteiger charge is -2.09. The lowest BCUT2D eigenvalue weighted by Crippen LogP contribution is -2.03. The SMILES string of the molecule is COc1ccc(CS(=O)Cc2cccc(C)c2)cc1CN. The van der Waals surface area contributed by atoms with Gasteiger partial charge in [-0.2, -0.15) is 0 Å². The first-order valence-electron chi connectivity index (χ1n) is 6.88. The maximum atomic E-state index is 12.3. The van der Waals surface area contributed by atoms with E-state index >= 15 is 0 Å². The molecule has 0 heterocycles. The third-order valence-electron chi connectivity index (χ3n) is 3.30. The first-order valence-corrected chi connectivity index (χ1v) is 8.37. The Labute approximate surface area is 128 Å². The standard InChI is InChI=1S/C17H21NO2S/c1-13-4-3-5-14(8-13)11-21(19)12-15-6-7-17(20-2)16(9-15)10-18/h3-9H,10-12,18H2,1-2H3. The van der Waals surface area contributed by atoms with E-state index in [2.05, 4.69) is 6.07 Å². The molecule has 2 aromatic rings. The van der Waals surface area contributed by atoms with Gasteiger partial charge in [-0.15, -0.1) is 0 Å². The van der Waals surface area contributed by atoms with Gasteiger partial charge in [0, 0.05) is 34.4 Å². The van der Waals surface area contributed by atoms with Crippen molar-refractivity contribution in [3.05, 3.63) is 64.7 Å². The van der Waals surface area contributed by atoms with Crippen LogP contribution in [-0.2, 0) is 28.9 Å². The molecule has 0 aliphatic heterocycles. The highest BCUT2D eigenvalue weighted by Gasteiger charge is 2.07. The molecule has 0 saturated carbocycles. The molecule has 1 atom stereocenters. The molecule has 4 heteroatoms. The lowest BCUT2D eigenvalue weighted by atomic mass is 10.1. The third-order valence-corrected chi connectivity index (χ3v) is 4.61. The zero-order chi connectivity index (χ0) is 15.2. The Morgan fingerprint density at radius 2 is 1.81 bits per heavy atom. The van der Waals surface area contributed by atoms with Crippen LogP contribution in [-0.4, -0.2) is 11.3 Å². The van der Waals surface area contributed by atoms with E-state index in [0.29, 0.717) is 18.1 Å². The van der Waals surface area contributed by atoms with E-state index in [0.717, 1.165) is 22.4 Å². The van der Waals surface area contributed by atoms with Crippen molar-refractivity contribution < 1.29 is 8.95 Å². The van der Waals surface area contributed by atoms with E-state index in [-0.39, 0.29) is 0 Å². The number of aryl methyl sites for hydroxylation is 1. The third kappa shape index (κ3) is 4.41. The summed E-state index contributed by atoms with van der Waals surface area (Å²) in [6, 6.07) is 14.0. The molecule has 21 heavy (non-hydrogen) atoms. The highest BCUT2D eigenvalue weighted by molar-refractivity contribution is 7.83. The van der Waals surface area contributed by atoms with Crippen LogP contribution in [0.5, 0.6) is 5.75 Å². The van der Waals surface area contributed by atoms with Crippen molar-refractivity contribution >= 4 is 10.8 Å². The Balaban J connectivity index is 2.06. The summed E-state index contributed by atoms with van der Waals surface area (Å²) in [5, 5.41) is 0. The first-order chi connectivity index (χ1) is 10.1. The predicted molar refractivity (Wildman–Crippen MR) is 87.6 cm³/mol. The maximum absolute atomic E-state index is 12.3. The van der Waals surface area contributed by atoms with E-state index < -0.39 is 10.8 Å². The Bertz CT molecular complexity index is 640. The van der Waals surface area contributed by atoms with Gasteiger partial charge in [0.25, 0.3) is 0 Å². The van der Waals surface area contributed by atoms with Gasteiger partial charge in [0.05, 0.1) is 7.11 Å².